The quantitative estimate of drug-likeness (QED) is 0.563. The van der Waals surface area contributed by atoms with Gasteiger partial charge >= 0.3 is 0 Å². The standard InChI is InChI=1S/C12H26N2O2S/c1-3-4-8-12(14-13)10-6-5-7-11(9-10)17(2,15)16/h10-12,14H,3-9,13H2,1-2H3. The van der Waals surface area contributed by atoms with E-state index in [1.165, 1.54) is 6.26 Å². The summed E-state index contributed by atoms with van der Waals surface area (Å²) in [6, 6.07) is 0.277. The van der Waals surface area contributed by atoms with Gasteiger partial charge < -0.3 is 0 Å². The van der Waals surface area contributed by atoms with E-state index in [0.29, 0.717) is 5.92 Å². The van der Waals surface area contributed by atoms with Gasteiger partial charge in [-0.25, -0.2) is 8.42 Å². The molecule has 0 radical (unpaired) electrons. The van der Waals surface area contributed by atoms with E-state index < -0.39 is 9.84 Å². The smallest absolute Gasteiger partial charge is 0.150 e. The third kappa shape index (κ3) is 4.56. The Bertz CT molecular complexity index is 316. The van der Waals surface area contributed by atoms with Crippen LogP contribution in [0.25, 0.3) is 0 Å². The van der Waals surface area contributed by atoms with Gasteiger partial charge in [-0.3, -0.25) is 11.3 Å². The maximum Gasteiger partial charge on any atom is 0.150 e. The monoisotopic (exact) mass is 262 g/mol. The molecule has 1 rings (SSSR count). The highest BCUT2D eigenvalue weighted by Crippen LogP contribution is 2.31. The first-order chi connectivity index (χ1) is 7.99. The summed E-state index contributed by atoms with van der Waals surface area (Å²) in [6.45, 7) is 2.16. The van der Waals surface area contributed by atoms with Crippen molar-refractivity contribution in [1.29, 1.82) is 0 Å². The lowest BCUT2D eigenvalue weighted by atomic mass is 9.82. The SMILES string of the molecule is CCCCC(NN)C1CCCC(S(C)(=O)=O)C1. The van der Waals surface area contributed by atoms with Crippen molar-refractivity contribution in [3.8, 4) is 0 Å². The maximum absolute atomic E-state index is 11.6. The number of hydrogen-bond donors (Lipinski definition) is 2. The predicted octanol–water partition coefficient (Wildman–Crippen LogP) is 1.61. The van der Waals surface area contributed by atoms with Gasteiger partial charge in [0.25, 0.3) is 0 Å². The fourth-order valence-corrected chi connectivity index (χ4v) is 4.01. The zero-order chi connectivity index (χ0) is 12.9. The van der Waals surface area contributed by atoms with E-state index in [-0.39, 0.29) is 11.3 Å². The van der Waals surface area contributed by atoms with Gasteiger partial charge in [-0.1, -0.05) is 26.2 Å². The van der Waals surface area contributed by atoms with Gasteiger partial charge in [0, 0.05) is 12.3 Å². The van der Waals surface area contributed by atoms with Gasteiger partial charge in [-0.2, -0.15) is 0 Å². The molecule has 1 aliphatic carbocycles. The normalized spacial score (nSPS) is 27.9. The highest BCUT2D eigenvalue weighted by molar-refractivity contribution is 7.91. The summed E-state index contributed by atoms with van der Waals surface area (Å²) < 4.78 is 23.2. The molecule has 0 spiro atoms. The van der Waals surface area contributed by atoms with Crippen LogP contribution in [-0.4, -0.2) is 26.0 Å². The Morgan fingerprint density at radius 3 is 2.65 bits per heavy atom. The van der Waals surface area contributed by atoms with Crippen molar-refractivity contribution in [2.45, 2.75) is 63.2 Å². The molecule has 5 heteroatoms. The fourth-order valence-electron chi connectivity index (χ4n) is 2.81. The van der Waals surface area contributed by atoms with Crippen molar-refractivity contribution in [2.24, 2.45) is 11.8 Å². The van der Waals surface area contributed by atoms with Crippen molar-refractivity contribution < 1.29 is 8.42 Å². The topological polar surface area (TPSA) is 72.2 Å². The van der Waals surface area contributed by atoms with E-state index >= 15 is 0 Å². The fraction of sp³-hybridized carbons (Fsp3) is 1.00. The Morgan fingerprint density at radius 2 is 2.12 bits per heavy atom. The molecule has 3 unspecified atom stereocenters. The molecule has 0 aliphatic heterocycles. The van der Waals surface area contributed by atoms with Gasteiger partial charge in [-0.05, 0) is 31.6 Å². The van der Waals surface area contributed by atoms with Crippen LogP contribution in [0.3, 0.4) is 0 Å². The molecular weight excluding hydrogens is 236 g/mol. The van der Waals surface area contributed by atoms with E-state index in [1.54, 1.807) is 0 Å². The lowest BCUT2D eigenvalue weighted by Crippen LogP contribution is -2.44. The van der Waals surface area contributed by atoms with Gasteiger partial charge in [0.2, 0.25) is 0 Å². The molecule has 0 aromatic rings. The van der Waals surface area contributed by atoms with Gasteiger partial charge in [0.05, 0.1) is 5.25 Å². The molecule has 1 fully saturated rings. The highest BCUT2D eigenvalue weighted by Gasteiger charge is 2.32. The molecule has 1 aliphatic rings. The predicted molar refractivity (Wildman–Crippen MR) is 71.2 cm³/mol. The summed E-state index contributed by atoms with van der Waals surface area (Å²) in [6.07, 6.45) is 8.41. The van der Waals surface area contributed by atoms with E-state index in [4.69, 9.17) is 5.84 Å². The first kappa shape index (κ1) is 14.9. The third-order valence-electron chi connectivity index (χ3n) is 3.92. The number of nitrogens with two attached hydrogens (primary N) is 1. The minimum Gasteiger partial charge on any atom is -0.271 e. The molecule has 0 amide bonds. The molecular formula is C12H26N2O2S. The summed E-state index contributed by atoms with van der Waals surface area (Å²) in [7, 11) is -2.89. The van der Waals surface area contributed by atoms with Crippen molar-refractivity contribution in [1.82, 2.24) is 5.43 Å². The first-order valence-electron chi connectivity index (χ1n) is 6.64. The third-order valence-corrected chi connectivity index (χ3v) is 5.56. The second kappa shape index (κ2) is 6.71. The van der Waals surface area contributed by atoms with Crippen LogP contribution in [0.5, 0.6) is 0 Å². The van der Waals surface area contributed by atoms with E-state index in [0.717, 1.165) is 44.9 Å². The summed E-state index contributed by atoms with van der Waals surface area (Å²) in [5.41, 5.74) is 2.88. The van der Waals surface area contributed by atoms with Crippen LogP contribution in [-0.2, 0) is 9.84 Å². The average Bonchev–Trinajstić information content (AvgIpc) is 2.29. The van der Waals surface area contributed by atoms with Crippen LogP contribution in [0.1, 0.15) is 51.9 Å². The van der Waals surface area contributed by atoms with Gasteiger partial charge in [-0.15, -0.1) is 0 Å². The van der Waals surface area contributed by atoms with Crippen LogP contribution < -0.4 is 11.3 Å². The average molecular weight is 262 g/mol. The summed E-state index contributed by atoms with van der Waals surface area (Å²) >= 11 is 0. The second-order valence-corrected chi connectivity index (χ2v) is 7.62. The van der Waals surface area contributed by atoms with Crippen LogP contribution in [0, 0.1) is 5.92 Å². The second-order valence-electron chi connectivity index (χ2n) is 5.29. The summed E-state index contributed by atoms with van der Waals surface area (Å²) in [4.78, 5) is 0. The number of sulfone groups is 1. The minimum absolute atomic E-state index is 0.154. The molecule has 3 atom stereocenters. The molecule has 17 heavy (non-hydrogen) atoms. The molecule has 1 saturated carbocycles. The number of hydrazine groups is 1. The molecule has 0 bridgehead atoms. The Hall–Kier alpha value is -0.130. The molecule has 3 N–H and O–H groups in total. The lowest BCUT2D eigenvalue weighted by Gasteiger charge is -2.33. The van der Waals surface area contributed by atoms with Gasteiger partial charge in [0.1, 0.15) is 9.84 Å². The molecule has 0 saturated heterocycles. The number of rotatable bonds is 6. The van der Waals surface area contributed by atoms with Crippen LogP contribution in [0.15, 0.2) is 0 Å². The lowest BCUT2D eigenvalue weighted by molar-refractivity contribution is 0.257. The van der Waals surface area contributed by atoms with Crippen molar-refractivity contribution >= 4 is 9.84 Å². The van der Waals surface area contributed by atoms with E-state index in [9.17, 15) is 8.42 Å². The van der Waals surface area contributed by atoms with E-state index in [2.05, 4.69) is 12.3 Å². The first-order valence-corrected chi connectivity index (χ1v) is 8.59. The molecule has 0 heterocycles. The minimum atomic E-state index is -2.89. The van der Waals surface area contributed by atoms with Crippen molar-refractivity contribution in [3.05, 3.63) is 0 Å². The number of unbranched alkanes of at least 4 members (excludes halogenated alkanes) is 1. The Morgan fingerprint density at radius 1 is 1.41 bits per heavy atom. The maximum atomic E-state index is 11.6. The zero-order valence-electron chi connectivity index (χ0n) is 11.0. The Labute approximate surface area is 105 Å². The molecule has 4 nitrogen and oxygen atoms in total. The summed E-state index contributed by atoms with van der Waals surface area (Å²) in [5.74, 6) is 6.02. The van der Waals surface area contributed by atoms with Crippen molar-refractivity contribution in [2.75, 3.05) is 6.26 Å². The zero-order valence-corrected chi connectivity index (χ0v) is 11.8. The van der Waals surface area contributed by atoms with E-state index in [1.807, 2.05) is 0 Å². The van der Waals surface area contributed by atoms with Gasteiger partial charge in [0.15, 0.2) is 0 Å². The summed E-state index contributed by atoms with van der Waals surface area (Å²) in [5, 5.41) is -0.154. The molecule has 102 valence electrons. The number of nitrogens with one attached hydrogen (secondary N) is 1. The molecule has 0 aromatic carbocycles. The largest absolute Gasteiger partial charge is 0.271 e. The van der Waals surface area contributed by atoms with Crippen molar-refractivity contribution in [3.63, 3.8) is 0 Å². The van der Waals surface area contributed by atoms with Crippen LogP contribution in [0.2, 0.25) is 0 Å². The highest BCUT2D eigenvalue weighted by atomic mass is 32.2. The Balaban J connectivity index is 2.58. The Kier molecular flexibility index (Phi) is 5.89. The number of hydrogen-bond acceptors (Lipinski definition) is 4. The van der Waals surface area contributed by atoms with Crippen LogP contribution >= 0.6 is 0 Å². The molecule has 0 aromatic heterocycles. The van der Waals surface area contributed by atoms with Crippen LogP contribution in [0.4, 0.5) is 0 Å².